The van der Waals surface area contributed by atoms with E-state index in [1.807, 2.05) is 51.1 Å². The fraction of sp³-hybridized carbons (Fsp3) is 0.529. The van der Waals surface area contributed by atoms with Crippen LogP contribution in [0.3, 0.4) is 0 Å². The molecule has 1 aliphatic heterocycles. The zero-order valence-electron chi connectivity index (χ0n) is 13.5. The van der Waals surface area contributed by atoms with Crippen LogP contribution in [0.5, 0.6) is 0 Å². The summed E-state index contributed by atoms with van der Waals surface area (Å²) in [5.74, 6) is -0.0808. The van der Waals surface area contributed by atoms with Crippen molar-refractivity contribution < 1.29 is 9.59 Å². The zero-order valence-corrected chi connectivity index (χ0v) is 13.5. The molecule has 0 bridgehead atoms. The molecule has 1 aromatic rings. The van der Waals surface area contributed by atoms with Crippen molar-refractivity contribution in [2.45, 2.75) is 51.7 Å². The lowest BCUT2D eigenvalue weighted by atomic mass is 9.99. The van der Waals surface area contributed by atoms with Crippen LogP contribution in [-0.4, -0.2) is 41.5 Å². The van der Waals surface area contributed by atoms with Crippen molar-refractivity contribution >= 4 is 11.9 Å². The van der Waals surface area contributed by atoms with Crippen LogP contribution in [0.2, 0.25) is 0 Å². The molecule has 1 heterocycles. The SMILES string of the molecule is CCCN1C(=O)NC(Cc2ccccc2)C1C(=O)NC(C)C. The summed E-state index contributed by atoms with van der Waals surface area (Å²) in [6, 6.07) is 9.21. The van der Waals surface area contributed by atoms with Crippen LogP contribution in [0.25, 0.3) is 0 Å². The van der Waals surface area contributed by atoms with Gasteiger partial charge in [-0.15, -0.1) is 0 Å². The standard InChI is InChI=1S/C17H25N3O2/c1-4-10-20-15(16(21)18-12(2)3)14(19-17(20)22)11-13-8-6-5-7-9-13/h5-9,12,14-15H,4,10-11H2,1-3H3,(H,18,21)(H,19,22). The van der Waals surface area contributed by atoms with Crippen LogP contribution >= 0.6 is 0 Å². The molecule has 2 unspecified atom stereocenters. The average molecular weight is 303 g/mol. The molecule has 0 spiro atoms. The molecule has 120 valence electrons. The molecule has 22 heavy (non-hydrogen) atoms. The predicted octanol–water partition coefficient (Wildman–Crippen LogP) is 1.93. The molecule has 2 atom stereocenters. The van der Waals surface area contributed by atoms with Crippen LogP contribution in [0, 0.1) is 0 Å². The van der Waals surface area contributed by atoms with Crippen LogP contribution in [0.1, 0.15) is 32.8 Å². The summed E-state index contributed by atoms with van der Waals surface area (Å²) in [7, 11) is 0. The molecule has 1 saturated heterocycles. The van der Waals surface area contributed by atoms with Crippen LogP contribution < -0.4 is 10.6 Å². The number of amides is 3. The molecule has 5 heteroatoms. The van der Waals surface area contributed by atoms with E-state index < -0.39 is 6.04 Å². The van der Waals surface area contributed by atoms with Crippen LogP contribution in [0.4, 0.5) is 4.79 Å². The first kappa shape index (κ1) is 16.3. The minimum atomic E-state index is -0.449. The van der Waals surface area contributed by atoms with E-state index in [2.05, 4.69) is 10.6 Å². The van der Waals surface area contributed by atoms with Gasteiger partial charge >= 0.3 is 6.03 Å². The summed E-state index contributed by atoms with van der Waals surface area (Å²) in [6.07, 6.45) is 1.49. The number of nitrogens with one attached hydrogen (secondary N) is 2. The highest BCUT2D eigenvalue weighted by Gasteiger charge is 2.43. The quantitative estimate of drug-likeness (QED) is 0.843. The van der Waals surface area contributed by atoms with Gasteiger partial charge in [0.15, 0.2) is 0 Å². The predicted molar refractivity (Wildman–Crippen MR) is 86.5 cm³/mol. The lowest BCUT2D eigenvalue weighted by molar-refractivity contribution is -0.125. The molecule has 1 fully saturated rings. The fourth-order valence-corrected chi connectivity index (χ4v) is 2.87. The molecule has 2 N–H and O–H groups in total. The van der Waals surface area contributed by atoms with Crippen LogP contribution in [0.15, 0.2) is 30.3 Å². The van der Waals surface area contributed by atoms with E-state index in [0.29, 0.717) is 13.0 Å². The molecule has 5 nitrogen and oxygen atoms in total. The Labute approximate surface area is 132 Å². The van der Waals surface area contributed by atoms with Gasteiger partial charge in [0, 0.05) is 12.6 Å². The summed E-state index contributed by atoms with van der Waals surface area (Å²) in [5.41, 5.74) is 1.12. The first-order valence-corrected chi connectivity index (χ1v) is 7.94. The van der Waals surface area contributed by atoms with Gasteiger partial charge in [-0.25, -0.2) is 4.79 Å². The average Bonchev–Trinajstić information content (AvgIpc) is 2.76. The maximum absolute atomic E-state index is 12.5. The smallest absolute Gasteiger partial charge is 0.318 e. The highest BCUT2D eigenvalue weighted by molar-refractivity contribution is 5.91. The van der Waals surface area contributed by atoms with Crippen molar-refractivity contribution in [2.75, 3.05) is 6.54 Å². The molecule has 0 radical (unpaired) electrons. The summed E-state index contributed by atoms with van der Waals surface area (Å²) in [4.78, 5) is 26.4. The fourth-order valence-electron chi connectivity index (χ4n) is 2.87. The molecule has 1 aliphatic rings. The van der Waals surface area contributed by atoms with E-state index in [1.54, 1.807) is 4.90 Å². The van der Waals surface area contributed by atoms with E-state index in [9.17, 15) is 9.59 Å². The monoisotopic (exact) mass is 303 g/mol. The number of carbonyl (C=O) groups is 2. The van der Waals surface area contributed by atoms with Crippen molar-refractivity contribution in [3.05, 3.63) is 35.9 Å². The number of hydrogen-bond donors (Lipinski definition) is 2. The number of carbonyl (C=O) groups excluding carboxylic acids is 2. The van der Waals surface area contributed by atoms with Gasteiger partial charge in [0.1, 0.15) is 6.04 Å². The minimum Gasteiger partial charge on any atom is -0.352 e. The van der Waals surface area contributed by atoms with E-state index in [4.69, 9.17) is 0 Å². The molecule has 3 amide bonds. The molecule has 1 aromatic carbocycles. The summed E-state index contributed by atoms with van der Waals surface area (Å²) in [6.45, 7) is 6.46. The van der Waals surface area contributed by atoms with Crippen molar-refractivity contribution in [1.82, 2.24) is 15.5 Å². The van der Waals surface area contributed by atoms with Crippen molar-refractivity contribution in [1.29, 1.82) is 0 Å². The lowest BCUT2D eigenvalue weighted by Crippen LogP contribution is -2.51. The highest BCUT2D eigenvalue weighted by Crippen LogP contribution is 2.19. The van der Waals surface area contributed by atoms with Gasteiger partial charge in [-0.1, -0.05) is 37.3 Å². The number of benzene rings is 1. The van der Waals surface area contributed by atoms with E-state index in [1.165, 1.54) is 0 Å². The molecular weight excluding hydrogens is 278 g/mol. The second kappa shape index (κ2) is 7.29. The minimum absolute atomic E-state index is 0.0593. The van der Waals surface area contributed by atoms with Gasteiger partial charge in [-0.2, -0.15) is 0 Å². The Hall–Kier alpha value is -2.04. The summed E-state index contributed by atoms with van der Waals surface area (Å²) in [5, 5.41) is 5.90. The van der Waals surface area contributed by atoms with Crippen LogP contribution in [-0.2, 0) is 11.2 Å². The molecule has 0 aliphatic carbocycles. The van der Waals surface area contributed by atoms with Crippen molar-refractivity contribution in [2.24, 2.45) is 0 Å². The van der Waals surface area contributed by atoms with Crippen molar-refractivity contribution in [3.63, 3.8) is 0 Å². The second-order valence-electron chi connectivity index (χ2n) is 6.05. The maximum atomic E-state index is 12.5. The van der Waals surface area contributed by atoms with E-state index in [-0.39, 0.29) is 24.0 Å². The first-order valence-electron chi connectivity index (χ1n) is 7.94. The Kier molecular flexibility index (Phi) is 5.41. The second-order valence-corrected chi connectivity index (χ2v) is 6.05. The Morgan fingerprint density at radius 1 is 1.32 bits per heavy atom. The van der Waals surface area contributed by atoms with Gasteiger partial charge in [0.05, 0.1) is 6.04 Å². The number of urea groups is 1. The maximum Gasteiger partial charge on any atom is 0.318 e. The molecule has 0 aromatic heterocycles. The number of rotatable bonds is 6. The molecular formula is C17H25N3O2. The largest absolute Gasteiger partial charge is 0.352 e. The van der Waals surface area contributed by atoms with Gasteiger partial charge in [0.2, 0.25) is 5.91 Å². The Balaban J connectivity index is 2.18. The van der Waals surface area contributed by atoms with Gasteiger partial charge in [0.25, 0.3) is 0 Å². The van der Waals surface area contributed by atoms with Gasteiger partial charge in [-0.05, 0) is 32.3 Å². The normalized spacial score (nSPS) is 21.1. The van der Waals surface area contributed by atoms with E-state index >= 15 is 0 Å². The van der Waals surface area contributed by atoms with Crippen molar-refractivity contribution in [3.8, 4) is 0 Å². The Morgan fingerprint density at radius 3 is 2.59 bits per heavy atom. The Bertz CT molecular complexity index is 516. The third-order valence-electron chi connectivity index (χ3n) is 3.75. The Morgan fingerprint density at radius 2 is 2.00 bits per heavy atom. The summed E-state index contributed by atoms with van der Waals surface area (Å²) < 4.78 is 0. The van der Waals surface area contributed by atoms with Gasteiger partial charge in [-0.3, -0.25) is 4.79 Å². The highest BCUT2D eigenvalue weighted by atomic mass is 16.2. The number of hydrogen-bond acceptors (Lipinski definition) is 2. The lowest BCUT2D eigenvalue weighted by Gasteiger charge is -2.26. The first-order chi connectivity index (χ1) is 10.5. The third-order valence-corrected chi connectivity index (χ3v) is 3.75. The topological polar surface area (TPSA) is 61.4 Å². The summed E-state index contributed by atoms with van der Waals surface area (Å²) >= 11 is 0. The molecule has 2 rings (SSSR count). The molecule has 0 saturated carbocycles. The number of nitrogens with zero attached hydrogens (tertiary/aromatic N) is 1. The van der Waals surface area contributed by atoms with Gasteiger partial charge < -0.3 is 15.5 Å². The van der Waals surface area contributed by atoms with E-state index in [0.717, 1.165) is 12.0 Å². The zero-order chi connectivity index (χ0) is 16.1. The third kappa shape index (κ3) is 3.78.